The average Bonchev–Trinajstić information content (AvgIpc) is 2.32. The van der Waals surface area contributed by atoms with Crippen LogP contribution in [0.25, 0.3) is 0 Å². The van der Waals surface area contributed by atoms with Gasteiger partial charge in [0.2, 0.25) is 0 Å². The molecule has 0 spiro atoms. The molecule has 0 N–H and O–H groups in total. The van der Waals surface area contributed by atoms with Gasteiger partial charge in [0.05, 0.1) is 13.0 Å². The molecule has 2 nitrogen and oxygen atoms in total. The highest BCUT2D eigenvalue weighted by molar-refractivity contribution is 7.80. The van der Waals surface area contributed by atoms with E-state index in [-0.39, 0.29) is 5.97 Å². The zero-order valence-corrected chi connectivity index (χ0v) is 12.1. The second-order valence-electron chi connectivity index (χ2n) is 4.52. The Morgan fingerprint density at radius 2 is 1.47 bits per heavy atom. The summed E-state index contributed by atoms with van der Waals surface area (Å²) in [5.74, 6) is 0.468. The van der Waals surface area contributed by atoms with E-state index in [2.05, 4.69) is 19.6 Å². The average molecular weight is 260 g/mol. The SMILES string of the molecule is CCCCCCCCCCCOC(=O)CCS. The minimum absolute atomic E-state index is 0.112. The van der Waals surface area contributed by atoms with Gasteiger partial charge in [0.15, 0.2) is 0 Å². The topological polar surface area (TPSA) is 26.3 Å². The first-order valence-electron chi connectivity index (χ1n) is 7.07. The van der Waals surface area contributed by atoms with E-state index >= 15 is 0 Å². The van der Waals surface area contributed by atoms with E-state index < -0.39 is 0 Å². The number of rotatable bonds is 12. The van der Waals surface area contributed by atoms with Crippen molar-refractivity contribution in [1.29, 1.82) is 0 Å². The molecule has 0 fully saturated rings. The Balaban J connectivity index is 3.01. The van der Waals surface area contributed by atoms with E-state index in [0.29, 0.717) is 18.8 Å². The molecule has 0 rings (SSSR count). The Kier molecular flexibility index (Phi) is 13.7. The highest BCUT2D eigenvalue weighted by Crippen LogP contribution is 2.09. The maximum absolute atomic E-state index is 11.0. The normalized spacial score (nSPS) is 10.5. The Hall–Kier alpha value is -0.180. The molecule has 0 aromatic rings. The van der Waals surface area contributed by atoms with Crippen molar-refractivity contribution in [3.05, 3.63) is 0 Å². The van der Waals surface area contributed by atoms with Crippen LogP contribution < -0.4 is 0 Å². The third-order valence-corrected chi connectivity index (χ3v) is 3.05. The smallest absolute Gasteiger partial charge is 0.306 e. The van der Waals surface area contributed by atoms with Crippen molar-refractivity contribution < 1.29 is 9.53 Å². The quantitative estimate of drug-likeness (QED) is 0.320. The number of thiol groups is 1. The Bertz CT molecular complexity index is 172. The summed E-state index contributed by atoms with van der Waals surface area (Å²) in [7, 11) is 0. The van der Waals surface area contributed by atoms with Crippen molar-refractivity contribution in [3.63, 3.8) is 0 Å². The lowest BCUT2D eigenvalue weighted by atomic mass is 10.1. The number of carbonyl (C=O) groups is 1. The molecule has 102 valence electrons. The van der Waals surface area contributed by atoms with Gasteiger partial charge in [-0.1, -0.05) is 58.3 Å². The van der Waals surface area contributed by atoms with Gasteiger partial charge in [-0.05, 0) is 6.42 Å². The van der Waals surface area contributed by atoms with Crippen LogP contribution in [0.1, 0.15) is 71.1 Å². The number of hydrogen-bond acceptors (Lipinski definition) is 3. The molecule has 0 aliphatic carbocycles. The molecule has 0 aliphatic rings. The fourth-order valence-corrected chi connectivity index (χ4v) is 1.94. The van der Waals surface area contributed by atoms with E-state index in [1.807, 2.05) is 0 Å². The van der Waals surface area contributed by atoms with Gasteiger partial charge in [-0.15, -0.1) is 0 Å². The lowest BCUT2D eigenvalue weighted by Crippen LogP contribution is -2.06. The minimum Gasteiger partial charge on any atom is -0.466 e. The van der Waals surface area contributed by atoms with Gasteiger partial charge in [-0.2, -0.15) is 12.6 Å². The van der Waals surface area contributed by atoms with Crippen LogP contribution in [-0.4, -0.2) is 18.3 Å². The molecular weight excluding hydrogens is 232 g/mol. The first kappa shape index (κ1) is 16.8. The summed E-state index contributed by atoms with van der Waals surface area (Å²) in [5.41, 5.74) is 0. The molecule has 0 aromatic heterocycles. The maximum Gasteiger partial charge on any atom is 0.306 e. The summed E-state index contributed by atoms with van der Waals surface area (Å²) >= 11 is 3.99. The number of hydrogen-bond donors (Lipinski definition) is 1. The third-order valence-electron chi connectivity index (χ3n) is 2.83. The molecule has 0 bridgehead atoms. The highest BCUT2D eigenvalue weighted by Gasteiger charge is 1.99. The van der Waals surface area contributed by atoms with Crippen molar-refractivity contribution >= 4 is 18.6 Å². The lowest BCUT2D eigenvalue weighted by molar-refractivity contribution is -0.143. The van der Waals surface area contributed by atoms with Gasteiger partial charge in [-0.25, -0.2) is 0 Å². The standard InChI is InChI=1S/C14H28O2S/c1-2-3-4-5-6-7-8-9-10-12-16-14(15)11-13-17/h17H,2-13H2,1H3. The van der Waals surface area contributed by atoms with E-state index in [1.54, 1.807) is 0 Å². The van der Waals surface area contributed by atoms with Gasteiger partial charge in [0.1, 0.15) is 0 Å². The molecule has 0 unspecified atom stereocenters. The largest absolute Gasteiger partial charge is 0.466 e. The molecule has 0 radical (unpaired) electrons. The Morgan fingerprint density at radius 1 is 0.941 bits per heavy atom. The van der Waals surface area contributed by atoms with Crippen LogP contribution in [0.15, 0.2) is 0 Å². The van der Waals surface area contributed by atoms with Crippen LogP contribution in [0, 0.1) is 0 Å². The van der Waals surface area contributed by atoms with Crippen molar-refractivity contribution in [3.8, 4) is 0 Å². The van der Waals surface area contributed by atoms with E-state index in [0.717, 1.165) is 6.42 Å². The second-order valence-corrected chi connectivity index (χ2v) is 4.97. The van der Waals surface area contributed by atoms with E-state index in [9.17, 15) is 4.79 Å². The van der Waals surface area contributed by atoms with Crippen LogP contribution in [0.2, 0.25) is 0 Å². The monoisotopic (exact) mass is 260 g/mol. The molecule has 3 heteroatoms. The number of unbranched alkanes of at least 4 members (excludes halogenated alkanes) is 8. The van der Waals surface area contributed by atoms with Gasteiger partial charge in [-0.3, -0.25) is 4.79 Å². The molecule has 0 saturated heterocycles. The fourth-order valence-electron chi connectivity index (χ4n) is 1.76. The molecule has 0 aliphatic heterocycles. The van der Waals surface area contributed by atoms with Crippen LogP contribution in [-0.2, 0) is 9.53 Å². The van der Waals surface area contributed by atoms with Crippen LogP contribution in [0.3, 0.4) is 0 Å². The zero-order valence-electron chi connectivity index (χ0n) is 11.2. The lowest BCUT2D eigenvalue weighted by Gasteiger charge is -2.04. The predicted molar refractivity (Wildman–Crippen MR) is 76.7 cm³/mol. The van der Waals surface area contributed by atoms with Crippen molar-refractivity contribution in [2.45, 2.75) is 71.1 Å². The maximum atomic E-state index is 11.0. The van der Waals surface area contributed by atoms with Gasteiger partial charge >= 0.3 is 5.97 Å². The van der Waals surface area contributed by atoms with Gasteiger partial charge in [0.25, 0.3) is 0 Å². The summed E-state index contributed by atoms with van der Waals surface area (Å²) in [6.07, 6.45) is 12.0. The van der Waals surface area contributed by atoms with Crippen molar-refractivity contribution in [2.24, 2.45) is 0 Å². The van der Waals surface area contributed by atoms with Crippen molar-refractivity contribution in [2.75, 3.05) is 12.4 Å². The summed E-state index contributed by atoms with van der Waals surface area (Å²) < 4.78 is 5.05. The van der Waals surface area contributed by atoms with Crippen LogP contribution in [0.5, 0.6) is 0 Å². The molecule has 17 heavy (non-hydrogen) atoms. The summed E-state index contributed by atoms with van der Waals surface area (Å²) in [6, 6.07) is 0. The second kappa shape index (κ2) is 13.9. The van der Waals surface area contributed by atoms with Crippen molar-refractivity contribution in [1.82, 2.24) is 0 Å². The number of carbonyl (C=O) groups excluding carboxylic acids is 1. The number of ether oxygens (including phenoxy) is 1. The molecule has 0 saturated carbocycles. The summed E-state index contributed by atoms with van der Waals surface area (Å²) in [5, 5.41) is 0. The highest BCUT2D eigenvalue weighted by atomic mass is 32.1. The van der Waals surface area contributed by atoms with Crippen LogP contribution in [0.4, 0.5) is 0 Å². The third kappa shape index (κ3) is 13.8. The molecule has 0 heterocycles. The molecule has 0 atom stereocenters. The van der Waals surface area contributed by atoms with E-state index in [1.165, 1.54) is 51.4 Å². The summed E-state index contributed by atoms with van der Waals surface area (Å²) in [4.78, 5) is 11.0. The Morgan fingerprint density at radius 3 is 2.00 bits per heavy atom. The zero-order chi connectivity index (χ0) is 12.8. The van der Waals surface area contributed by atoms with E-state index in [4.69, 9.17) is 4.74 Å². The molecular formula is C14H28O2S. The predicted octanol–water partition coefficient (Wildman–Crippen LogP) is 4.38. The molecule has 0 amide bonds. The van der Waals surface area contributed by atoms with Gasteiger partial charge < -0.3 is 4.74 Å². The summed E-state index contributed by atoms with van der Waals surface area (Å²) in [6.45, 7) is 2.83. The molecule has 0 aromatic carbocycles. The van der Waals surface area contributed by atoms with Gasteiger partial charge in [0, 0.05) is 5.75 Å². The Labute approximate surface area is 112 Å². The first-order chi connectivity index (χ1) is 8.31. The number of esters is 1. The van der Waals surface area contributed by atoms with Crippen LogP contribution >= 0.6 is 12.6 Å². The minimum atomic E-state index is -0.112. The fraction of sp³-hybridized carbons (Fsp3) is 0.929. The first-order valence-corrected chi connectivity index (χ1v) is 7.71.